The van der Waals surface area contributed by atoms with Crippen LogP contribution in [-0.2, 0) is 36.7 Å². The third kappa shape index (κ3) is 5.57. The molecule has 1 aromatic rings. The average Bonchev–Trinajstić information content (AvgIpc) is 3.27. The van der Waals surface area contributed by atoms with Gasteiger partial charge in [0, 0.05) is 4.88 Å². The maximum Gasteiger partial charge on any atom is 0.341 e. The summed E-state index contributed by atoms with van der Waals surface area (Å²) in [5.74, 6) is -2.16. The molecule has 11 heteroatoms. The largest absolute Gasteiger partial charge is 0.462 e. The Morgan fingerprint density at radius 1 is 1.18 bits per heavy atom. The number of carbonyl (C=O) groups excluding carboxylic acids is 5. The number of amides is 4. The Balaban J connectivity index is 1.40. The van der Waals surface area contributed by atoms with Gasteiger partial charge in [-0.25, -0.2) is 9.59 Å². The summed E-state index contributed by atoms with van der Waals surface area (Å²) in [5, 5.41) is 5.94. The normalized spacial score (nSPS) is 25.0. The minimum absolute atomic E-state index is 0.132. The quantitative estimate of drug-likeness (QED) is 0.392. The van der Waals surface area contributed by atoms with Crippen molar-refractivity contribution in [1.29, 1.82) is 0 Å². The smallest absolute Gasteiger partial charge is 0.341 e. The van der Waals surface area contributed by atoms with Gasteiger partial charge in [-0.2, -0.15) is 0 Å². The Hall–Kier alpha value is -2.95. The van der Waals surface area contributed by atoms with Gasteiger partial charge >= 0.3 is 18.0 Å². The second kappa shape index (κ2) is 10.7. The number of thiophene rings is 1. The van der Waals surface area contributed by atoms with Gasteiger partial charge in [-0.15, -0.1) is 11.3 Å². The average molecular weight is 548 g/mol. The van der Waals surface area contributed by atoms with Gasteiger partial charge in [-0.1, -0.05) is 20.8 Å². The van der Waals surface area contributed by atoms with Gasteiger partial charge < -0.3 is 20.1 Å². The molecule has 3 aliphatic rings. The number of nitrogens with one attached hydrogen (secondary N) is 2. The highest BCUT2D eigenvalue weighted by Crippen LogP contribution is 2.46. The molecule has 1 aliphatic heterocycles. The van der Waals surface area contributed by atoms with Gasteiger partial charge in [0.2, 0.25) is 0 Å². The van der Waals surface area contributed by atoms with Crippen LogP contribution in [0, 0.1) is 11.3 Å². The lowest BCUT2D eigenvalue weighted by molar-refractivity contribution is -0.155. The predicted octanol–water partition coefficient (Wildman–Crippen LogP) is 3.81. The number of fused-ring (bicyclic) bond motifs is 1. The number of carbonyl (C=O) groups is 5. The van der Waals surface area contributed by atoms with Crippen molar-refractivity contribution in [2.24, 2.45) is 11.3 Å². The lowest BCUT2D eigenvalue weighted by Gasteiger charge is -2.43. The molecular formula is C27H37N3O7S. The van der Waals surface area contributed by atoms with Crippen LogP contribution in [-0.4, -0.2) is 59.5 Å². The van der Waals surface area contributed by atoms with Crippen LogP contribution in [0.2, 0.25) is 0 Å². The number of rotatable bonds is 7. The summed E-state index contributed by atoms with van der Waals surface area (Å²) in [5.41, 5.74) is 0.122. The molecule has 208 valence electrons. The van der Waals surface area contributed by atoms with Crippen LogP contribution < -0.4 is 10.6 Å². The number of aryl methyl sites for hydroxylation is 1. The van der Waals surface area contributed by atoms with Crippen LogP contribution in [0.5, 0.6) is 0 Å². The van der Waals surface area contributed by atoms with Crippen molar-refractivity contribution in [3.63, 3.8) is 0 Å². The topological polar surface area (TPSA) is 131 Å². The number of anilines is 1. The van der Waals surface area contributed by atoms with E-state index in [0.29, 0.717) is 23.4 Å². The molecule has 0 bridgehead atoms. The number of nitrogens with zero attached hydrogens (tertiary/aromatic N) is 1. The molecule has 3 atom stereocenters. The Morgan fingerprint density at radius 3 is 2.58 bits per heavy atom. The summed E-state index contributed by atoms with van der Waals surface area (Å²) in [6, 6.07) is -0.628. The van der Waals surface area contributed by atoms with Crippen molar-refractivity contribution in [2.75, 3.05) is 18.5 Å². The third-order valence-corrected chi connectivity index (χ3v) is 8.68. The first-order valence-corrected chi connectivity index (χ1v) is 14.1. The summed E-state index contributed by atoms with van der Waals surface area (Å²) in [4.78, 5) is 66.2. The monoisotopic (exact) mass is 547 g/mol. The molecule has 0 radical (unpaired) electrons. The molecule has 2 heterocycles. The number of hydrogen-bond acceptors (Lipinski definition) is 8. The highest BCUT2D eigenvalue weighted by molar-refractivity contribution is 7.17. The first kappa shape index (κ1) is 28.1. The SMILES string of the molecule is CCOC(=O)c1c(NC(=O)[C@H](C)OC(=O)CN2C(=O)N[C@@]3(C[C@@H](C)CC(C)(C)C3)C2=O)sc2c1CCCC2. The highest BCUT2D eigenvalue weighted by Gasteiger charge is 2.56. The van der Waals surface area contributed by atoms with Gasteiger partial charge in [-0.3, -0.25) is 19.3 Å². The summed E-state index contributed by atoms with van der Waals surface area (Å²) < 4.78 is 10.5. The minimum Gasteiger partial charge on any atom is -0.462 e. The first-order valence-electron chi connectivity index (χ1n) is 13.3. The van der Waals surface area contributed by atoms with Crippen LogP contribution >= 0.6 is 11.3 Å². The van der Waals surface area contributed by atoms with E-state index in [1.807, 2.05) is 0 Å². The van der Waals surface area contributed by atoms with Crippen LogP contribution in [0.3, 0.4) is 0 Å². The number of ether oxygens (including phenoxy) is 2. The second-order valence-corrected chi connectivity index (χ2v) is 12.6. The van der Waals surface area contributed by atoms with E-state index in [1.165, 1.54) is 18.3 Å². The maximum absolute atomic E-state index is 13.3. The van der Waals surface area contributed by atoms with E-state index in [4.69, 9.17) is 9.47 Å². The third-order valence-electron chi connectivity index (χ3n) is 7.48. The van der Waals surface area contributed by atoms with Crippen molar-refractivity contribution in [2.45, 2.75) is 91.2 Å². The Kier molecular flexibility index (Phi) is 7.88. The van der Waals surface area contributed by atoms with E-state index in [9.17, 15) is 24.0 Å². The van der Waals surface area contributed by atoms with Gasteiger partial charge in [0.1, 0.15) is 17.1 Å². The lowest BCUT2D eigenvalue weighted by Crippen LogP contribution is -2.54. The van der Waals surface area contributed by atoms with Crippen LogP contribution in [0.15, 0.2) is 0 Å². The standard InChI is InChI=1S/C27H37N3O7S/c1-6-36-23(33)20-17-9-7-8-10-18(17)38-22(20)28-21(32)16(3)37-19(31)13-30-24(34)27(29-25(30)35)12-15(2)11-26(4,5)14-27/h15-16H,6-14H2,1-5H3,(H,28,32)(H,29,35)/t15-,16-,27+/m0/s1. The molecule has 1 spiro atoms. The maximum atomic E-state index is 13.3. The van der Waals surface area contributed by atoms with Crippen molar-refractivity contribution in [3.05, 3.63) is 16.0 Å². The van der Waals surface area contributed by atoms with E-state index in [2.05, 4.69) is 31.4 Å². The summed E-state index contributed by atoms with van der Waals surface area (Å²) in [7, 11) is 0. The Labute approximate surface area is 226 Å². The van der Waals surface area contributed by atoms with Crippen LogP contribution in [0.1, 0.15) is 87.5 Å². The lowest BCUT2D eigenvalue weighted by atomic mass is 9.64. The zero-order valence-electron chi connectivity index (χ0n) is 22.7. The fraction of sp³-hybridized carbons (Fsp3) is 0.667. The Bertz CT molecular complexity index is 1160. The summed E-state index contributed by atoms with van der Waals surface area (Å²) >= 11 is 1.34. The number of hydrogen-bond donors (Lipinski definition) is 2. The van der Waals surface area contributed by atoms with E-state index >= 15 is 0 Å². The van der Waals surface area contributed by atoms with Crippen molar-refractivity contribution in [1.82, 2.24) is 10.2 Å². The zero-order chi connectivity index (χ0) is 27.8. The molecule has 1 aromatic heterocycles. The fourth-order valence-electron chi connectivity index (χ4n) is 6.35. The van der Waals surface area contributed by atoms with Crippen molar-refractivity contribution in [3.8, 4) is 0 Å². The molecular weight excluding hydrogens is 510 g/mol. The summed E-state index contributed by atoms with van der Waals surface area (Å²) in [6.45, 7) is 8.95. The molecule has 4 amide bonds. The van der Waals surface area contributed by atoms with Gasteiger partial charge in [-0.05, 0) is 75.7 Å². The van der Waals surface area contributed by atoms with Crippen molar-refractivity contribution >= 4 is 46.1 Å². The molecule has 4 rings (SSSR count). The first-order chi connectivity index (χ1) is 17.9. The van der Waals surface area contributed by atoms with Gasteiger partial charge in [0.25, 0.3) is 11.8 Å². The molecule has 38 heavy (non-hydrogen) atoms. The van der Waals surface area contributed by atoms with E-state index in [-0.39, 0.29) is 17.9 Å². The van der Waals surface area contributed by atoms with Crippen LogP contribution in [0.25, 0.3) is 0 Å². The molecule has 2 fully saturated rings. The van der Waals surface area contributed by atoms with E-state index in [1.54, 1.807) is 6.92 Å². The number of imide groups is 1. The molecule has 1 saturated carbocycles. The fourth-order valence-corrected chi connectivity index (χ4v) is 7.63. The Morgan fingerprint density at radius 2 is 1.89 bits per heavy atom. The zero-order valence-corrected chi connectivity index (χ0v) is 23.5. The highest BCUT2D eigenvalue weighted by atomic mass is 32.1. The van der Waals surface area contributed by atoms with Crippen LogP contribution in [0.4, 0.5) is 9.80 Å². The predicted molar refractivity (Wildman–Crippen MR) is 141 cm³/mol. The molecule has 10 nitrogen and oxygen atoms in total. The minimum atomic E-state index is -1.21. The van der Waals surface area contributed by atoms with Gasteiger partial charge in [0.05, 0.1) is 12.2 Å². The molecule has 2 aliphatic carbocycles. The molecule has 0 aromatic carbocycles. The molecule has 0 unspecified atom stereocenters. The second-order valence-electron chi connectivity index (χ2n) is 11.5. The molecule has 1 saturated heterocycles. The van der Waals surface area contributed by atoms with E-state index in [0.717, 1.165) is 47.4 Å². The number of esters is 2. The van der Waals surface area contributed by atoms with E-state index < -0.39 is 48.0 Å². The molecule has 2 N–H and O–H groups in total. The number of urea groups is 1. The summed E-state index contributed by atoms with van der Waals surface area (Å²) in [6.07, 6.45) is 4.28. The van der Waals surface area contributed by atoms with Crippen molar-refractivity contribution < 1.29 is 33.4 Å². The van der Waals surface area contributed by atoms with Gasteiger partial charge in [0.15, 0.2) is 6.10 Å².